The van der Waals surface area contributed by atoms with Crippen molar-refractivity contribution in [1.82, 2.24) is 9.88 Å². The van der Waals surface area contributed by atoms with Crippen LogP contribution in [0.3, 0.4) is 0 Å². The van der Waals surface area contributed by atoms with E-state index >= 15 is 0 Å². The van der Waals surface area contributed by atoms with Crippen LogP contribution in [-0.4, -0.2) is 11.1 Å². The van der Waals surface area contributed by atoms with Crippen molar-refractivity contribution in [3.63, 3.8) is 0 Å². The van der Waals surface area contributed by atoms with Crippen molar-refractivity contribution in [2.75, 3.05) is 6.54 Å². The maximum absolute atomic E-state index is 14.2. The summed E-state index contributed by atoms with van der Waals surface area (Å²) in [6.07, 6.45) is 9.95. The second-order valence-electron chi connectivity index (χ2n) is 7.44. The number of para-hydroxylation sites is 1. The highest BCUT2D eigenvalue weighted by atomic mass is 35.5. The monoisotopic (exact) mass is 400 g/mol. The first-order valence-electron chi connectivity index (χ1n) is 10.4. The summed E-state index contributed by atoms with van der Waals surface area (Å²) < 4.78 is 16.3. The Balaban J connectivity index is 1.64. The minimum Gasteiger partial charge on any atom is -0.343 e. The lowest BCUT2D eigenvalue weighted by atomic mass is 10.1. The third-order valence-corrected chi connectivity index (χ3v) is 5.64. The Hall–Kier alpha value is -1.84. The number of hydrogen-bond acceptors (Lipinski definition) is 1. The molecule has 1 heterocycles. The van der Waals surface area contributed by atoms with Crippen LogP contribution >= 0.6 is 11.6 Å². The van der Waals surface area contributed by atoms with Gasteiger partial charge in [0.05, 0.1) is 6.54 Å². The Morgan fingerprint density at radius 2 is 1.75 bits per heavy atom. The van der Waals surface area contributed by atoms with E-state index in [0.717, 1.165) is 18.6 Å². The molecule has 2 aromatic carbocycles. The van der Waals surface area contributed by atoms with Gasteiger partial charge in [-0.25, -0.2) is 4.39 Å². The zero-order valence-electron chi connectivity index (χ0n) is 16.7. The smallest absolute Gasteiger partial charge is 0.129 e. The first-order valence-corrected chi connectivity index (χ1v) is 10.8. The Kier molecular flexibility index (Phi) is 7.93. The van der Waals surface area contributed by atoms with Gasteiger partial charge in [0.25, 0.3) is 0 Å². The highest BCUT2D eigenvalue weighted by Crippen LogP contribution is 2.26. The number of aromatic nitrogens is 1. The molecule has 3 rings (SSSR count). The van der Waals surface area contributed by atoms with Crippen molar-refractivity contribution in [3.05, 3.63) is 70.6 Å². The number of halogens is 2. The standard InChI is InChI=1S/C24H30ClFN2/c1-2-3-4-5-6-9-15-27-16-19-17-28(24-14-8-7-11-20(19)24)18-21-22(25)12-10-13-23(21)26/h7-8,10-14,17,27H,2-6,9,15-16,18H2,1H3. The summed E-state index contributed by atoms with van der Waals surface area (Å²) in [4.78, 5) is 0. The van der Waals surface area contributed by atoms with E-state index in [-0.39, 0.29) is 5.82 Å². The molecule has 0 fully saturated rings. The molecule has 0 atom stereocenters. The van der Waals surface area contributed by atoms with Crippen LogP contribution < -0.4 is 5.32 Å². The van der Waals surface area contributed by atoms with Gasteiger partial charge < -0.3 is 9.88 Å². The fourth-order valence-corrected chi connectivity index (χ4v) is 3.92. The van der Waals surface area contributed by atoms with E-state index in [9.17, 15) is 4.39 Å². The van der Waals surface area contributed by atoms with Crippen molar-refractivity contribution >= 4 is 22.5 Å². The summed E-state index contributed by atoms with van der Waals surface area (Å²) in [6.45, 7) is 4.54. The van der Waals surface area contributed by atoms with Crippen LogP contribution in [0.25, 0.3) is 10.9 Å². The van der Waals surface area contributed by atoms with Gasteiger partial charge in [-0.3, -0.25) is 0 Å². The third kappa shape index (κ3) is 5.36. The van der Waals surface area contributed by atoms with E-state index in [1.165, 1.54) is 55.5 Å². The molecule has 28 heavy (non-hydrogen) atoms. The molecule has 0 unspecified atom stereocenters. The SMILES string of the molecule is CCCCCCCCNCc1cn(Cc2c(F)cccc2Cl)c2ccccc12. The first-order chi connectivity index (χ1) is 13.7. The Morgan fingerprint density at radius 1 is 0.964 bits per heavy atom. The van der Waals surface area contributed by atoms with Crippen molar-refractivity contribution in [3.8, 4) is 0 Å². The molecule has 0 radical (unpaired) electrons. The van der Waals surface area contributed by atoms with Crippen LogP contribution in [0.5, 0.6) is 0 Å². The van der Waals surface area contributed by atoms with Crippen LogP contribution in [-0.2, 0) is 13.1 Å². The molecular weight excluding hydrogens is 371 g/mol. The van der Waals surface area contributed by atoms with Gasteiger partial charge in [-0.05, 0) is 36.7 Å². The second-order valence-corrected chi connectivity index (χ2v) is 7.85. The van der Waals surface area contributed by atoms with Crippen LogP contribution in [0.1, 0.15) is 56.6 Å². The van der Waals surface area contributed by atoms with Gasteiger partial charge in [-0.15, -0.1) is 0 Å². The molecule has 0 saturated heterocycles. The second kappa shape index (κ2) is 10.6. The van der Waals surface area contributed by atoms with Crippen LogP contribution in [0.2, 0.25) is 5.02 Å². The molecule has 0 spiro atoms. The summed E-state index contributed by atoms with van der Waals surface area (Å²) >= 11 is 6.24. The molecule has 150 valence electrons. The normalized spacial score (nSPS) is 11.4. The molecule has 2 nitrogen and oxygen atoms in total. The largest absolute Gasteiger partial charge is 0.343 e. The molecule has 4 heteroatoms. The van der Waals surface area contributed by atoms with E-state index in [1.807, 2.05) is 6.07 Å². The van der Waals surface area contributed by atoms with Crippen molar-refractivity contribution in [2.45, 2.75) is 58.5 Å². The number of fused-ring (bicyclic) bond motifs is 1. The van der Waals surface area contributed by atoms with Crippen molar-refractivity contribution in [2.24, 2.45) is 0 Å². The molecule has 1 N–H and O–H groups in total. The van der Waals surface area contributed by atoms with E-state index < -0.39 is 0 Å². The zero-order valence-corrected chi connectivity index (χ0v) is 17.4. The molecule has 1 aromatic heterocycles. The molecule has 0 amide bonds. The van der Waals surface area contributed by atoms with E-state index in [1.54, 1.807) is 12.1 Å². The Bertz CT molecular complexity index is 867. The summed E-state index contributed by atoms with van der Waals surface area (Å²) in [5.74, 6) is -0.256. The van der Waals surface area contributed by atoms with Gasteiger partial charge in [-0.2, -0.15) is 0 Å². The van der Waals surface area contributed by atoms with E-state index in [2.05, 4.69) is 41.2 Å². The number of rotatable bonds is 11. The number of benzene rings is 2. The average molecular weight is 401 g/mol. The zero-order chi connectivity index (χ0) is 19.8. The lowest BCUT2D eigenvalue weighted by Crippen LogP contribution is -2.14. The fraction of sp³-hybridized carbons (Fsp3) is 0.417. The minimum absolute atomic E-state index is 0.256. The van der Waals surface area contributed by atoms with Crippen molar-refractivity contribution in [1.29, 1.82) is 0 Å². The first kappa shape index (κ1) is 20.9. The summed E-state index contributed by atoms with van der Waals surface area (Å²) in [5.41, 5.74) is 2.89. The molecular formula is C24H30ClFN2. The summed E-state index contributed by atoms with van der Waals surface area (Å²) in [7, 11) is 0. The van der Waals surface area contributed by atoms with Gasteiger partial charge in [0, 0.05) is 34.2 Å². The quantitative estimate of drug-likeness (QED) is 0.345. The highest BCUT2D eigenvalue weighted by molar-refractivity contribution is 6.31. The highest BCUT2D eigenvalue weighted by Gasteiger charge is 2.12. The van der Waals surface area contributed by atoms with Gasteiger partial charge >= 0.3 is 0 Å². The summed E-state index contributed by atoms with van der Waals surface area (Å²) in [6, 6.07) is 13.2. The van der Waals surface area contributed by atoms with Crippen LogP contribution in [0.15, 0.2) is 48.7 Å². The van der Waals surface area contributed by atoms with E-state index in [4.69, 9.17) is 11.6 Å². The third-order valence-electron chi connectivity index (χ3n) is 5.28. The number of nitrogens with one attached hydrogen (secondary N) is 1. The summed E-state index contributed by atoms with van der Waals surface area (Å²) in [5, 5.41) is 5.26. The maximum atomic E-state index is 14.2. The Morgan fingerprint density at radius 3 is 2.57 bits per heavy atom. The minimum atomic E-state index is -0.256. The van der Waals surface area contributed by atoms with Gasteiger partial charge in [0.1, 0.15) is 5.82 Å². The van der Waals surface area contributed by atoms with Gasteiger partial charge in [-0.1, -0.05) is 74.9 Å². The number of hydrogen-bond donors (Lipinski definition) is 1. The Labute approximate surface area is 172 Å². The lowest BCUT2D eigenvalue weighted by molar-refractivity contribution is 0.572. The van der Waals surface area contributed by atoms with Crippen molar-refractivity contribution < 1.29 is 4.39 Å². The number of nitrogens with zero attached hydrogens (tertiary/aromatic N) is 1. The molecule has 0 aliphatic heterocycles. The topological polar surface area (TPSA) is 17.0 Å². The fourth-order valence-electron chi connectivity index (χ4n) is 3.70. The maximum Gasteiger partial charge on any atom is 0.129 e. The lowest BCUT2D eigenvalue weighted by Gasteiger charge is -2.08. The average Bonchev–Trinajstić information content (AvgIpc) is 3.05. The number of unbranched alkanes of at least 4 members (excludes halogenated alkanes) is 5. The van der Waals surface area contributed by atoms with Gasteiger partial charge in [0.15, 0.2) is 0 Å². The van der Waals surface area contributed by atoms with Gasteiger partial charge in [0.2, 0.25) is 0 Å². The van der Waals surface area contributed by atoms with E-state index in [0.29, 0.717) is 17.1 Å². The molecule has 0 bridgehead atoms. The predicted molar refractivity (Wildman–Crippen MR) is 118 cm³/mol. The molecule has 0 saturated carbocycles. The molecule has 3 aromatic rings. The molecule has 0 aliphatic rings. The molecule has 0 aliphatic carbocycles. The van der Waals surface area contributed by atoms with Crippen LogP contribution in [0, 0.1) is 5.82 Å². The van der Waals surface area contributed by atoms with Crippen LogP contribution in [0.4, 0.5) is 4.39 Å². The predicted octanol–water partition coefficient (Wildman–Crippen LogP) is 6.93.